The zero-order valence-electron chi connectivity index (χ0n) is 24.1. The van der Waals surface area contributed by atoms with Crippen molar-refractivity contribution in [1.29, 1.82) is 0 Å². The molecule has 0 radical (unpaired) electrons. The number of hydrogen-bond acceptors (Lipinski definition) is 11. The van der Waals surface area contributed by atoms with Gasteiger partial charge in [0.25, 0.3) is 0 Å². The van der Waals surface area contributed by atoms with E-state index in [4.69, 9.17) is 23.3 Å². The van der Waals surface area contributed by atoms with Crippen LogP contribution in [0.1, 0.15) is 47.1 Å². The number of nitrogens with one attached hydrogen (secondary N) is 1. The van der Waals surface area contributed by atoms with Crippen molar-refractivity contribution in [2.24, 2.45) is 10.8 Å². The number of rotatable bonds is 11. The molecule has 0 saturated carbocycles. The number of ether oxygens (including phenoxy) is 3. The molecule has 2 heterocycles. The van der Waals surface area contributed by atoms with E-state index in [0.29, 0.717) is 28.2 Å². The normalized spacial score (nSPS) is 12.2. The monoisotopic (exact) mass is 591 g/mol. The summed E-state index contributed by atoms with van der Waals surface area (Å²) >= 11 is 0. The van der Waals surface area contributed by atoms with E-state index in [9.17, 15) is 14.2 Å². The average molecular weight is 592 g/mol. The molecule has 0 amide bonds. The van der Waals surface area contributed by atoms with Crippen LogP contribution >= 0.6 is 7.60 Å². The average Bonchev–Trinajstić information content (AvgIpc) is 2.89. The van der Waals surface area contributed by atoms with Crippen LogP contribution in [0.15, 0.2) is 42.7 Å². The van der Waals surface area contributed by atoms with Crippen molar-refractivity contribution in [3.05, 3.63) is 54.1 Å². The van der Waals surface area contributed by atoms with Gasteiger partial charge in [0.15, 0.2) is 0 Å². The number of carbonyl (C=O) groups is 2. The lowest BCUT2D eigenvalue weighted by atomic mass is 9.98. The van der Waals surface area contributed by atoms with Crippen molar-refractivity contribution in [3.8, 4) is 5.88 Å². The Kier molecular flexibility index (Phi) is 10.1. The molecule has 41 heavy (non-hydrogen) atoms. The number of esters is 2. The van der Waals surface area contributed by atoms with Gasteiger partial charge in [-0.1, -0.05) is 6.07 Å². The molecule has 11 nitrogen and oxygen atoms in total. The molecular weight excluding hydrogens is 556 g/mol. The first kappa shape index (κ1) is 31.9. The van der Waals surface area contributed by atoms with E-state index in [-0.39, 0.29) is 5.56 Å². The van der Waals surface area contributed by atoms with Crippen molar-refractivity contribution in [1.82, 2.24) is 9.97 Å². The minimum atomic E-state index is -4.15. The number of methoxy groups -OCH3 is 1. The Bertz CT molecular complexity index is 1420. The van der Waals surface area contributed by atoms with Gasteiger partial charge in [0.2, 0.25) is 19.5 Å². The highest BCUT2D eigenvalue weighted by molar-refractivity contribution is 7.53. The Morgan fingerprint density at radius 1 is 0.927 bits per heavy atom. The van der Waals surface area contributed by atoms with Gasteiger partial charge in [-0.05, 0) is 65.3 Å². The molecular formula is C28H35FN3O8P. The number of anilines is 2. The maximum absolute atomic E-state index is 15.2. The summed E-state index contributed by atoms with van der Waals surface area (Å²) in [5.74, 6) is -1.48. The van der Waals surface area contributed by atoms with E-state index in [2.05, 4.69) is 15.3 Å². The summed E-state index contributed by atoms with van der Waals surface area (Å²) in [6.07, 6.45) is 2.68. The lowest BCUT2D eigenvalue weighted by molar-refractivity contribution is -0.162. The highest BCUT2D eigenvalue weighted by Crippen LogP contribution is 2.52. The number of nitrogens with zero attached hydrogens (tertiary/aromatic N) is 2. The van der Waals surface area contributed by atoms with Crippen molar-refractivity contribution < 1.29 is 41.8 Å². The smallest absolute Gasteiger partial charge is 0.340 e. The summed E-state index contributed by atoms with van der Waals surface area (Å²) in [6, 6.07) is 7.63. The maximum Gasteiger partial charge on any atom is 0.340 e. The summed E-state index contributed by atoms with van der Waals surface area (Å²) in [7, 11) is -2.64. The van der Waals surface area contributed by atoms with Gasteiger partial charge in [0.1, 0.15) is 5.82 Å². The molecule has 0 unspecified atom stereocenters. The van der Waals surface area contributed by atoms with Crippen LogP contribution in [0.5, 0.6) is 5.88 Å². The molecule has 0 aliphatic rings. The zero-order chi connectivity index (χ0) is 30.4. The summed E-state index contributed by atoms with van der Waals surface area (Å²) < 4.78 is 54.6. The molecule has 1 N–H and O–H groups in total. The predicted molar refractivity (Wildman–Crippen MR) is 150 cm³/mol. The third-order valence-corrected chi connectivity index (χ3v) is 7.34. The maximum atomic E-state index is 15.2. The number of benzene rings is 1. The summed E-state index contributed by atoms with van der Waals surface area (Å²) in [6.45, 7) is 8.46. The van der Waals surface area contributed by atoms with Gasteiger partial charge in [-0.25, -0.2) is 9.37 Å². The first-order chi connectivity index (χ1) is 19.1. The Balaban J connectivity index is 1.77. The van der Waals surface area contributed by atoms with Crippen LogP contribution in [-0.2, 0) is 38.8 Å². The van der Waals surface area contributed by atoms with Gasteiger partial charge in [-0.3, -0.25) is 28.2 Å². The third-order valence-electron chi connectivity index (χ3n) is 5.61. The summed E-state index contributed by atoms with van der Waals surface area (Å²) in [5, 5.41) is 3.82. The number of carbonyl (C=O) groups excluding carboxylic acids is 2. The second-order valence-corrected chi connectivity index (χ2v) is 13.2. The van der Waals surface area contributed by atoms with Gasteiger partial charge in [-0.15, -0.1) is 0 Å². The lowest BCUT2D eigenvalue weighted by Gasteiger charge is -2.22. The van der Waals surface area contributed by atoms with Gasteiger partial charge < -0.3 is 19.5 Å². The number of aromatic nitrogens is 2. The molecule has 0 fully saturated rings. The van der Waals surface area contributed by atoms with Gasteiger partial charge in [0.05, 0.1) is 35.3 Å². The first-order valence-corrected chi connectivity index (χ1v) is 14.4. The van der Waals surface area contributed by atoms with E-state index in [1.807, 2.05) is 0 Å². The molecule has 0 aliphatic heterocycles. The minimum absolute atomic E-state index is 0.00849. The lowest BCUT2D eigenvalue weighted by Crippen LogP contribution is -2.25. The minimum Gasteiger partial charge on any atom is -0.481 e. The Morgan fingerprint density at radius 3 is 2.07 bits per heavy atom. The molecule has 0 bridgehead atoms. The summed E-state index contributed by atoms with van der Waals surface area (Å²) in [5.41, 5.74) is 0.0319. The van der Waals surface area contributed by atoms with Crippen LogP contribution < -0.4 is 10.1 Å². The molecule has 222 valence electrons. The van der Waals surface area contributed by atoms with Crippen molar-refractivity contribution in [2.75, 3.05) is 26.0 Å². The molecule has 1 aromatic carbocycles. The SMILES string of the molecule is COc1cc2nccc(Nc3ccc(CP(=O)(OCOC(=O)C(C)(C)C)OCOC(=O)C(C)(C)C)c(F)c3)c2cn1. The van der Waals surface area contributed by atoms with Crippen LogP contribution in [0.4, 0.5) is 15.8 Å². The van der Waals surface area contributed by atoms with Crippen LogP contribution in [0.2, 0.25) is 0 Å². The number of pyridine rings is 2. The zero-order valence-corrected chi connectivity index (χ0v) is 25.0. The molecule has 0 aliphatic carbocycles. The third kappa shape index (κ3) is 8.94. The standard InChI is InChI=1S/C28H35FN3O8P/c1-27(2,3)25(33)37-16-39-41(35,40-17-38-26(34)28(4,5)6)15-18-8-9-19(12-21(18)29)32-22-10-11-30-23-13-24(36-7)31-14-20(22)23/h8-14H,15-17H2,1-7H3,(H,30,32). The second kappa shape index (κ2) is 12.9. The number of halogens is 1. The van der Waals surface area contributed by atoms with Crippen LogP contribution in [-0.4, -0.2) is 42.6 Å². The number of hydrogen-bond donors (Lipinski definition) is 1. The number of fused-ring (bicyclic) bond motifs is 1. The van der Waals surface area contributed by atoms with Crippen LogP contribution in [0.25, 0.3) is 10.9 Å². The quantitative estimate of drug-likeness (QED) is 0.152. The van der Waals surface area contributed by atoms with Crippen molar-refractivity contribution >= 4 is 41.8 Å². The first-order valence-electron chi connectivity index (χ1n) is 12.7. The van der Waals surface area contributed by atoms with Gasteiger partial charge >= 0.3 is 19.5 Å². The largest absolute Gasteiger partial charge is 0.481 e. The highest BCUT2D eigenvalue weighted by atomic mass is 31.2. The summed E-state index contributed by atoms with van der Waals surface area (Å²) in [4.78, 5) is 32.7. The van der Waals surface area contributed by atoms with E-state index in [0.717, 1.165) is 0 Å². The molecule has 0 atom stereocenters. The predicted octanol–water partition coefficient (Wildman–Crippen LogP) is 6.34. The highest BCUT2D eigenvalue weighted by Gasteiger charge is 2.31. The topological polar surface area (TPSA) is 135 Å². The molecule has 13 heteroatoms. The van der Waals surface area contributed by atoms with Gasteiger partial charge in [-0.2, -0.15) is 0 Å². The fraction of sp³-hybridized carbons (Fsp3) is 0.429. The second-order valence-electron chi connectivity index (χ2n) is 11.2. The van der Waals surface area contributed by atoms with E-state index in [1.165, 1.54) is 19.2 Å². The molecule has 3 rings (SSSR count). The molecule has 0 saturated heterocycles. The van der Waals surface area contributed by atoms with E-state index in [1.54, 1.807) is 72.1 Å². The molecule has 3 aromatic rings. The molecule has 0 spiro atoms. The Hall–Kier alpha value is -3.60. The Morgan fingerprint density at radius 2 is 1.54 bits per heavy atom. The fourth-order valence-corrected chi connectivity index (χ4v) is 4.60. The van der Waals surface area contributed by atoms with E-state index < -0.39 is 55.9 Å². The fourth-order valence-electron chi connectivity index (χ4n) is 3.24. The molecule has 2 aromatic heterocycles. The van der Waals surface area contributed by atoms with Crippen molar-refractivity contribution in [3.63, 3.8) is 0 Å². The van der Waals surface area contributed by atoms with Crippen LogP contribution in [0.3, 0.4) is 0 Å². The Labute approximate surface area is 238 Å². The van der Waals surface area contributed by atoms with Crippen LogP contribution in [0, 0.1) is 16.6 Å². The van der Waals surface area contributed by atoms with E-state index >= 15 is 4.39 Å². The van der Waals surface area contributed by atoms with Crippen molar-refractivity contribution in [2.45, 2.75) is 47.7 Å². The van der Waals surface area contributed by atoms with Gasteiger partial charge in [0, 0.05) is 29.5 Å².